The number of anilines is 1. The molecule has 0 saturated heterocycles. The van der Waals surface area contributed by atoms with E-state index in [1.165, 1.54) is 22.3 Å². The van der Waals surface area contributed by atoms with Crippen LogP contribution in [0.5, 0.6) is 0 Å². The summed E-state index contributed by atoms with van der Waals surface area (Å²) in [6, 6.07) is 19.9. The number of benzene rings is 3. The summed E-state index contributed by atoms with van der Waals surface area (Å²) in [5.74, 6) is 0. The van der Waals surface area contributed by atoms with Crippen molar-refractivity contribution >= 4 is 21.1 Å². The van der Waals surface area contributed by atoms with Gasteiger partial charge in [0, 0.05) is 17.7 Å². The van der Waals surface area contributed by atoms with E-state index < -0.39 is 9.73 Å². The lowest BCUT2D eigenvalue weighted by molar-refractivity contribution is 0.681. The minimum Gasteiger partial charge on any atom is -0.379 e. The Hall–Kier alpha value is -2.59. The Balaban J connectivity index is 1.97. The molecule has 0 bridgehead atoms. The Labute approximate surface area is 169 Å². The van der Waals surface area contributed by atoms with Crippen molar-refractivity contribution in [3.05, 3.63) is 88.5 Å². The molecule has 0 aromatic heterocycles. The maximum Gasteiger partial charge on any atom is 0.0965 e. The number of nitrogens with one attached hydrogen (secondary N) is 1. The van der Waals surface area contributed by atoms with Gasteiger partial charge in [-0.15, -0.1) is 0 Å². The van der Waals surface area contributed by atoms with Crippen LogP contribution < -0.4 is 5.32 Å². The molecule has 3 nitrogen and oxygen atoms in total. The van der Waals surface area contributed by atoms with E-state index in [4.69, 9.17) is 0 Å². The van der Waals surface area contributed by atoms with Gasteiger partial charge in [-0.1, -0.05) is 42.0 Å². The minimum absolute atomic E-state index is 0.708. The number of hydrogen-bond acceptors (Lipinski definition) is 3. The highest BCUT2D eigenvalue weighted by Gasteiger charge is 2.10. The second-order valence-electron chi connectivity index (χ2n) is 7.46. The third kappa shape index (κ3) is 4.63. The molecule has 0 amide bonds. The monoisotopic (exact) mass is 392 g/mol. The van der Waals surface area contributed by atoms with Crippen LogP contribution in [0.25, 0.3) is 0 Å². The van der Waals surface area contributed by atoms with E-state index >= 15 is 0 Å². The zero-order chi connectivity index (χ0) is 20.3. The van der Waals surface area contributed by atoms with Crippen LogP contribution in [0.3, 0.4) is 0 Å². The summed E-state index contributed by atoms with van der Waals surface area (Å²) >= 11 is 0. The van der Waals surface area contributed by atoms with Gasteiger partial charge < -0.3 is 5.32 Å². The normalized spacial score (nSPS) is 13.0. The summed E-state index contributed by atoms with van der Waals surface area (Å²) in [6.07, 6.45) is 1.69. The molecule has 1 atom stereocenters. The molecule has 0 spiro atoms. The average molecular weight is 393 g/mol. The molecule has 0 radical (unpaired) electrons. The third-order valence-electron chi connectivity index (χ3n) is 4.90. The van der Waals surface area contributed by atoms with Crippen LogP contribution in [0.2, 0.25) is 0 Å². The molecule has 0 fully saturated rings. The first-order valence-electron chi connectivity index (χ1n) is 9.45. The van der Waals surface area contributed by atoms with E-state index in [-0.39, 0.29) is 0 Å². The van der Waals surface area contributed by atoms with Crippen molar-refractivity contribution < 1.29 is 4.21 Å². The van der Waals surface area contributed by atoms with Gasteiger partial charge in [0.25, 0.3) is 0 Å². The number of hydrogen-bond donors (Lipinski definition) is 1. The maximum atomic E-state index is 13.2. The summed E-state index contributed by atoms with van der Waals surface area (Å²) in [4.78, 5) is 0.742. The van der Waals surface area contributed by atoms with Crippen molar-refractivity contribution in [3.8, 4) is 0 Å². The van der Waals surface area contributed by atoms with Crippen molar-refractivity contribution in [2.75, 3.05) is 11.6 Å². The molecule has 1 N–H and O–H groups in total. The predicted molar refractivity (Wildman–Crippen MR) is 120 cm³/mol. The van der Waals surface area contributed by atoms with Crippen molar-refractivity contribution in [1.29, 1.82) is 0 Å². The van der Waals surface area contributed by atoms with E-state index in [1.807, 2.05) is 42.5 Å². The van der Waals surface area contributed by atoms with E-state index in [0.717, 1.165) is 21.8 Å². The van der Waals surface area contributed by atoms with E-state index in [1.54, 1.807) is 6.26 Å². The number of aryl methyl sites for hydroxylation is 4. The van der Waals surface area contributed by atoms with Gasteiger partial charge in [-0.2, -0.15) is 4.36 Å². The van der Waals surface area contributed by atoms with Gasteiger partial charge in [0.15, 0.2) is 0 Å². The molecular weight excluding hydrogens is 364 g/mol. The summed E-state index contributed by atoms with van der Waals surface area (Å²) < 4.78 is 17.9. The zero-order valence-corrected chi connectivity index (χ0v) is 18.1. The fourth-order valence-corrected chi connectivity index (χ4v) is 4.76. The first-order valence-corrected chi connectivity index (χ1v) is 11.4. The molecule has 146 valence electrons. The Kier molecular flexibility index (Phi) is 5.90. The summed E-state index contributed by atoms with van der Waals surface area (Å²) in [6.45, 7) is 9.17. The number of nitrogens with zero attached hydrogens (tertiary/aromatic N) is 1. The van der Waals surface area contributed by atoms with Crippen LogP contribution in [-0.2, 0) is 16.3 Å². The van der Waals surface area contributed by atoms with Crippen LogP contribution in [-0.4, -0.2) is 10.5 Å². The molecule has 1 unspecified atom stereocenters. The van der Waals surface area contributed by atoms with Crippen molar-refractivity contribution in [1.82, 2.24) is 0 Å². The lowest BCUT2D eigenvalue weighted by atomic mass is 10.00. The van der Waals surface area contributed by atoms with Crippen LogP contribution in [0.4, 0.5) is 11.4 Å². The van der Waals surface area contributed by atoms with Crippen molar-refractivity contribution in [3.63, 3.8) is 0 Å². The fourth-order valence-electron chi connectivity index (χ4n) is 3.46. The lowest BCUT2D eigenvalue weighted by Gasteiger charge is -2.15. The second kappa shape index (κ2) is 8.19. The molecule has 0 saturated carbocycles. The van der Waals surface area contributed by atoms with Gasteiger partial charge in [-0.25, -0.2) is 4.21 Å². The standard InChI is InChI=1S/C24H28N2OS/c1-17-11-12-23(26-28(5,27)21-9-7-6-8-10-21)24(15-17)25-16-22-19(3)13-18(2)14-20(22)4/h6-15,25H,16H2,1-5H3. The Morgan fingerprint density at radius 3 is 2.14 bits per heavy atom. The average Bonchev–Trinajstić information content (AvgIpc) is 2.63. The molecule has 4 heteroatoms. The second-order valence-corrected chi connectivity index (χ2v) is 9.72. The molecule has 3 aromatic rings. The first kappa shape index (κ1) is 20.2. The highest BCUT2D eigenvalue weighted by atomic mass is 32.2. The van der Waals surface area contributed by atoms with Gasteiger partial charge in [0.2, 0.25) is 0 Å². The SMILES string of the molecule is Cc1cc(C)c(CNc2cc(C)ccc2N=S(C)(=O)c2ccccc2)c(C)c1. The Bertz CT molecular complexity index is 1090. The highest BCUT2D eigenvalue weighted by Crippen LogP contribution is 2.30. The van der Waals surface area contributed by atoms with Gasteiger partial charge >= 0.3 is 0 Å². The van der Waals surface area contributed by atoms with Gasteiger partial charge in [0.05, 0.1) is 21.1 Å². The van der Waals surface area contributed by atoms with Gasteiger partial charge in [-0.05, 0) is 74.2 Å². The summed E-state index contributed by atoms with van der Waals surface area (Å²) in [5.41, 5.74) is 7.90. The molecule has 0 aliphatic carbocycles. The number of rotatable bonds is 5. The molecule has 3 rings (SSSR count). The Morgan fingerprint density at radius 1 is 0.857 bits per heavy atom. The van der Waals surface area contributed by atoms with Crippen molar-refractivity contribution in [2.45, 2.75) is 39.1 Å². The summed E-state index contributed by atoms with van der Waals surface area (Å²) in [5, 5.41) is 3.53. The minimum atomic E-state index is -2.52. The van der Waals surface area contributed by atoms with Crippen LogP contribution in [0, 0.1) is 27.7 Å². The van der Waals surface area contributed by atoms with Crippen LogP contribution in [0.15, 0.2) is 69.9 Å². The topological polar surface area (TPSA) is 41.5 Å². The smallest absolute Gasteiger partial charge is 0.0965 e. The quantitative estimate of drug-likeness (QED) is 0.552. The van der Waals surface area contributed by atoms with E-state index in [2.05, 4.69) is 55.6 Å². The highest BCUT2D eigenvalue weighted by molar-refractivity contribution is 7.93. The maximum absolute atomic E-state index is 13.2. The molecule has 28 heavy (non-hydrogen) atoms. The molecule has 0 aliphatic heterocycles. The van der Waals surface area contributed by atoms with Crippen LogP contribution >= 0.6 is 0 Å². The summed E-state index contributed by atoms with van der Waals surface area (Å²) in [7, 11) is -2.52. The zero-order valence-electron chi connectivity index (χ0n) is 17.2. The molecular formula is C24H28N2OS. The molecule has 0 heterocycles. The van der Waals surface area contributed by atoms with Crippen molar-refractivity contribution in [2.24, 2.45) is 4.36 Å². The molecule has 0 aliphatic rings. The van der Waals surface area contributed by atoms with Gasteiger partial charge in [-0.3, -0.25) is 0 Å². The molecule has 3 aromatic carbocycles. The largest absolute Gasteiger partial charge is 0.379 e. The first-order chi connectivity index (χ1) is 13.3. The van der Waals surface area contributed by atoms with E-state index in [9.17, 15) is 4.21 Å². The van der Waals surface area contributed by atoms with Crippen LogP contribution in [0.1, 0.15) is 27.8 Å². The lowest BCUT2D eigenvalue weighted by Crippen LogP contribution is -2.05. The van der Waals surface area contributed by atoms with E-state index in [0.29, 0.717) is 6.54 Å². The predicted octanol–water partition coefficient (Wildman–Crippen LogP) is 6.32. The fraction of sp³-hybridized carbons (Fsp3) is 0.250. The van der Waals surface area contributed by atoms with Gasteiger partial charge in [0.1, 0.15) is 0 Å². The third-order valence-corrected chi connectivity index (χ3v) is 6.59. The Morgan fingerprint density at radius 2 is 1.50 bits per heavy atom.